The number of hydrogen-bond acceptors (Lipinski definition) is 2. The van der Waals surface area contributed by atoms with Crippen LogP contribution in [0.3, 0.4) is 0 Å². The van der Waals surface area contributed by atoms with Gasteiger partial charge in [0, 0.05) is 13.1 Å². The smallest absolute Gasteiger partial charge is 0.0593 e. The van der Waals surface area contributed by atoms with Crippen molar-refractivity contribution < 1.29 is 4.74 Å². The van der Waals surface area contributed by atoms with E-state index < -0.39 is 0 Å². The quantitative estimate of drug-likeness (QED) is 0.532. The first kappa shape index (κ1) is 10.9. The Bertz CT molecular complexity index is 75.6. The molecule has 1 saturated heterocycles. The van der Waals surface area contributed by atoms with Gasteiger partial charge < -0.3 is 9.64 Å². The second kappa shape index (κ2) is 6.62. The molecule has 0 N–H and O–H groups in total. The molecule has 1 atom stereocenters. The Hall–Kier alpha value is -0.0800. The van der Waals surface area contributed by atoms with Crippen molar-refractivity contribution >= 4 is 0 Å². The normalized spacial score (nSPS) is 26.7. The Labute approximate surface area is 70.5 Å². The zero-order valence-electron chi connectivity index (χ0n) is 8.26. The van der Waals surface area contributed by atoms with Gasteiger partial charge in [-0.15, -0.1) is 0 Å². The van der Waals surface area contributed by atoms with Gasteiger partial charge in [0.1, 0.15) is 0 Å². The first-order valence-corrected chi connectivity index (χ1v) is 4.55. The van der Waals surface area contributed by atoms with E-state index in [1.54, 1.807) is 0 Å². The molecule has 1 rings (SSSR count). The lowest BCUT2D eigenvalue weighted by Gasteiger charge is -2.13. The zero-order chi connectivity index (χ0) is 8.69. The van der Waals surface area contributed by atoms with Crippen molar-refractivity contribution in [1.29, 1.82) is 0 Å². The summed E-state index contributed by atoms with van der Waals surface area (Å²) in [5, 5.41) is 0. The molecule has 1 unspecified atom stereocenters. The monoisotopic (exact) mass is 159 g/mol. The Morgan fingerprint density at radius 2 is 2.00 bits per heavy atom. The van der Waals surface area contributed by atoms with Gasteiger partial charge in [-0.3, -0.25) is 0 Å². The maximum atomic E-state index is 5.34. The summed E-state index contributed by atoms with van der Waals surface area (Å²) in [5.74, 6) is 0.706. The average molecular weight is 159 g/mol. The van der Waals surface area contributed by atoms with Gasteiger partial charge in [-0.1, -0.05) is 20.8 Å². The lowest BCUT2D eigenvalue weighted by Crippen LogP contribution is -2.24. The number of nitrogens with zero attached hydrogens (tertiary/aromatic N) is 1. The first-order valence-electron chi connectivity index (χ1n) is 4.55. The molecule has 0 aromatic carbocycles. The highest BCUT2D eigenvalue weighted by Gasteiger charge is 2.10. The minimum absolute atomic E-state index is 0.706. The molecule has 1 aliphatic rings. The van der Waals surface area contributed by atoms with Crippen LogP contribution < -0.4 is 0 Å². The van der Waals surface area contributed by atoms with E-state index in [2.05, 4.69) is 18.9 Å². The molecule has 11 heavy (non-hydrogen) atoms. The van der Waals surface area contributed by atoms with Gasteiger partial charge >= 0.3 is 0 Å². The minimum Gasteiger partial charge on any atom is -0.380 e. The summed E-state index contributed by atoms with van der Waals surface area (Å²) in [5.41, 5.74) is 0. The van der Waals surface area contributed by atoms with E-state index in [1.165, 1.54) is 6.54 Å². The molecular weight excluding hydrogens is 138 g/mol. The zero-order valence-corrected chi connectivity index (χ0v) is 8.26. The van der Waals surface area contributed by atoms with Crippen molar-refractivity contribution in [2.75, 3.05) is 33.4 Å². The summed E-state index contributed by atoms with van der Waals surface area (Å²) in [4.78, 5) is 2.32. The molecule has 0 bridgehead atoms. The third-order valence-electron chi connectivity index (χ3n) is 1.64. The van der Waals surface area contributed by atoms with E-state index in [-0.39, 0.29) is 0 Å². The van der Waals surface area contributed by atoms with Crippen LogP contribution in [0.4, 0.5) is 0 Å². The second-order valence-electron chi connectivity index (χ2n) is 2.94. The van der Waals surface area contributed by atoms with E-state index in [9.17, 15) is 0 Å². The third-order valence-corrected chi connectivity index (χ3v) is 1.64. The van der Waals surface area contributed by atoms with E-state index >= 15 is 0 Å². The molecule has 1 fully saturated rings. The maximum Gasteiger partial charge on any atom is 0.0593 e. The summed E-state index contributed by atoms with van der Waals surface area (Å²) in [6, 6.07) is 0. The summed E-state index contributed by atoms with van der Waals surface area (Å²) in [6.45, 7) is 10.3. The van der Waals surface area contributed by atoms with Crippen LogP contribution in [0.25, 0.3) is 0 Å². The van der Waals surface area contributed by atoms with Gasteiger partial charge in [0.25, 0.3) is 0 Å². The summed E-state index contributed by atoms with van der Waals surface area (Å²) in [7, 11) is 2.14. The van der Waals surface area contributed by atoms with Gasteiger partial charge in [0.15, 0.2) is 0 Å². The number of hydrogen-bond donors (Lipinski definition) is 0. The predicted octanol–water partition coefficient (Wildman–Crippen LogP) is 1.61. The topological polar surface area (TPSA) is 12.5 Å². The molecule has 68 valence electrons. The summed E-state index contributed by atoms with van der Waals surface area (Å²) < 4.78 is 5.34. The standard InChI is InChI=1S/C7H15NO.C2H6/c1-7-5-8(2)3-4-9-6-7;1-2/h7H,3-6H2,1-2H3;1-2H3. The van der Waals surface area contributed by atoms with E-state index in [1.807, 2.05) is 13.8 Å². The van der Waals surface area contributed by atoms with Crippen molar-refractivity contribution in [1.82, 2.24) is 4.90 Å². The highest BCUT2D eigenvalue weighted by atomic mass is 16.5. The van der Waals surface area contributed by atoms with Crippen molar-refractivity contribution in [3.63, 3.8) is 0 Å². The number of likely N-dealkylation sites (N-methyl/N-ethyl adjacent to an activating group) is 1. The fourth-order valence-corrected chi connectivity index (χ4v) is 1.18. The lowest BCUT2D eigenvalue weighted by molar-refractivity contribution is 0.127. The Balaban J connectivity index is 0.000000461. The molecule has 0 radical (unpaired) electrons. The number of ether oxygens (including phenoxy) is 1. The van der Waals surface area contributed by atoms with Gasteiger partial charge in [-0.25, -0.2) is 0 Å². The van der Waals surface area contributed by atoms with Crippen molar-refractivity contribution in [3.8, 4) is 0 Å². The largest absolute Gasteiger partial charge is 0.380 e. The third kappa shape index (κ3) is 5.22. The molecule has 0 amide bonds. The van der Waals surface area contributed by atoms with Gasteiger partial charge in [-0.2, -0.15) is 0 Å². The highest BCUT2D eigenvalue weighted by Crippen LogP contribution is 2.02. The SMILES string of the molecule is CC.CC1COCCN(C)C1. The van der Waals surface area contributed by atoms with Crippen LogP contribution in [0.5, 0.6) is 0 Å². The molecular formula is C9H21NO. The van der Waals surface area contributed by atoms with Crippen LogP contribution in [0, 0.1) is 5.92 Å². The fraction of sp³-hybridized carbons (Fsp3) is 1.00. The molecule has 1 aliphatic heterocycles. The van der Waals surface area contributed by atoms with Crippen molar-refractivity contribution in [3.05, 3.63) is 0 Å². The van der Waals surface area contributed by atoms with Crippen LogP contribution >= 0.6 is 0 Å². The predicted molar refractivity (Wildman–Crippen MR) is 48.8 cm³/mol. The van der Waals surface area contributed by atoms with Gasteiger partial charge in [0.05, 0.1) is 13.2 Å². The van der Waals surface area contributed by atoms with Crippen LogP contribution in [-0.4, -0.2) is 38.3 Å². The first-order chi connectivity index (χ1) is 5.29. The molecule has 2 nitrogen and oxygen atoms in total. The van der Waals surface area contributed by atoms with Gasteiger partial charge in [0.2, 0.25) is 0 Å². The molecule has 0 saturated carbocycles. The van der Waals surface area contributed by atoms with Crippen molar-refractivity contribution in [2.24, 2.45) is 5.92 Å². The Morgan fingerprint density at radius 3 is 2.64 bits per heavy atom. The minimum atomic E-state index is 0.706. The van der Waals surface area contributed by atoms with Crippen LogP contribution in [0.1, 0.15) is 20.8 Å². The molecule has 1 heterocycles. The van der Waals surface area contributed by atoms with Crippen molar-refractivity contribution in [2.45, 2.75) is 20.8 Å². The Morgan fingerprint density at radius 1 is 1.36 bits per heavy atom. The molecule has 0 aliphatic carbocycles. The van der Waals surface area contributed by atoms with E-state index in [0.717, 1.165) is 19.8 Å². The molecule has 0 spiro atoms. The molecule has 0 aromatic heterocycles. The average Bonchev–Trinajstić information content (AvgIpc) is 2.18. The number of rotatable bonds is 0. The molecule has 0 aromatic rings. The van der Waals surface area contributed by atoms with Crippen LogP contribution in [0.2, 0.25) is 0 Å². The fourth-order valence-electron chi connectivity index (χ4n) is 1.18. The van der Waals surface area contributed by atoms with Crippen LogP contribution in [0.15, 0.2) is 0 Å². The maximum absolute atomic E-state index is 5.34. The summed E-state index contributed by atoms with van der Waals surface area (Å²) in [6.07, 6.45) is 0. The van der Waals surface area contributed by atoms with Gasteiger partial charge in [-0.05, 0) is 13.0 Å². The highest BCUT2D eigenvalue weighted by molar-refractivity contribution is 4.61. The van der Waals surface area contributed by atoms with E-state index in [4.69, 9.17) is 4.74 Å². The Kier molecular flexibility index (Phi) is 6.57. The van der Waals surface area contributed by atoms with Crippen LogP contribution in [-0.2, 0) is 4.74 Å². The van der Waals surface area contributed by atoms with E-state index in [0.29, 0.717) is 5.92 Å². The summed E-state index contributed by atoms with van der Waals surface area (Å²) >= 11 is 0. The molecule has 2 heteroatoms. The second-order valence-corrected chi connectivity index (χ2v) is 2.94. The lowest BCUT2D eigenvalue weighted by atomic mass is 10.2.